The van der Waals surface area contributed by atoms with E-state index in [0.29, 0.717) is 88.2 Å². The standard InChI is InChI=1S/C45H60N6O9/c1-4-5-26-58-40(53)11-10-39(52)48-19-12-32(13-20-48)33-14-21-49(22-15-33)42(54)38(29-31-27-30(2)41-37(28-31)59-44(56)47(41)3)60-45(57)50-23-17-35(18-24-50)51-25-16-34-8-6-7-9-36(34)46-43(51)55/h6-9,27-28,32-33,35,38H,4-5,10-26,29H2,1-3H3,(H,46,55)/t38-/m1/s1. The first-order valence-corrected chi connectivity index (χ1v) is 21.9. The lowest BCUT2D eigenvalue weighted by atomic mass is 9.78. The molecule has 5 amide bonds. The Kier molecular flexibility index (Phi) is 13.8. The normalized spacial score (nSPS) is 18.8. The van der Waals surface area contributed by atoms with Gasteiger partial charge in [-0.3, -0.25) is 19.0 Å². The summed E-state index contributed by atoms with van der Waals surface area (Å²) in [4.78, 5) is 85.8. The van der Waals surface area contributed by atoms with Crippen molar-refractivity contribution in [3.05, 3.63) is 63.6 Å². The van der Waals surface area contributed by atoms with Gasteiger partial charge in [0, 0.05) is 77.4 Å². The van der Waals surface area contributed by atoms with Crippen molar-refractivity contribution in [3.63, 3.8) is 0 Å². The monoisotopic (exact) mass is 828 g/mol. The molecule has 60 heavy (non-hydrogen) atoms. The molecule has 0 aliphatic carbocycles. The third-order valence-corrected chi connectivity index (χ3v) is 13.1. The van der Waals surface area contributed by atoms with Gasteiger partial charge in [-0.2, -0.15) is 0 Å². The number of carbonyl (C=O) groups is 5. The molecule has 0 spiro atoms. The lowest BCUT2D eigenvalue weighted by Gasteiger charge is -2.41. The van der Waals surface area contributed by atoms with Gasteiger partial charge in [0.15, 0.2) is 11.7 Å². The predicted octanol–water partition coefficient (Wildman–Crippen LogP) is 5.64. The Morgan fingerprint density at radius 3 is 2.22 bits per heavy atom. The molecule has 4 aliphatic rings. The quantitative estimate of drug-likeness (QED) is 0.180. The second-order valence-corrected chi connectivity index (χ2v) is 17.0. The van der Waals surface area contributed by atoms with Gasteiger partial charge in [0.05, 0.1) is 18.5 Å². The van der Waals surface area contributed by atoms with Crippen LogP contribution < -0.4 is 11.1 Å². The minimum Gasteiger partial charge on any atom is -0.466 e. The number of aryl methyl sites for hydroxylation is 2. The van der Waals surface area contributed by atoms with E-state index in [1.165, 1.54) is 4.57 Å². The number of rotatable bonds is 12. The molecule has 4 aliphatic heterocycles. The predicted molar refractivity (Wildman–Crippen MR) is 224 cm³/mol. The van der Waals surface area contributed by atoms with Crippen molar-refractivity contribution in [2.24, 2.45) is 18.9 Å². The van der Waals surface area contributed by atoms with Crippen LogP contribution in [0.2, 0.25) is 0 Å². The van der Waals surface area contributed by atoms with Crippen LogP contribution in [-0.4, -0.2) is 119 Å². The minimum atomic E-state index is -1.09. The van der Waals surface area contributed by atoms with Gasteiger partial charge in [-0.25, -0.2) is 14.4 Å². The van der Waals surface area contributed by atoms with Crippen molar-refractivity contribution < 1.29 is 37.9 Å². The highest BCUT2D eigenvalue weighted by Gasteiger charge is 2.37. The number of urea groups is 1. The maximum absolute atomic E-state index is 14.4. The Morgan fingerprint density at radius 2 is 1.52 bits per heavy atom. The average Bonchev–Trinajstić information content (AvgIpc) is 3.43. The molecule has 5 heterocycles. The van der Waals surface area contributed by atoms with E-state index < -0.39 is 18.0 Å². The van der Waals surface area contributed by atoms with E-state index in [1.807, 2.05) is 58.9 Å². The smallest absolute Gasteiger partial charge is 0.419 e. The topological polar surface area (TPSA) is 164 Å². The largest absolute Gasteiger partial charge is 0.466 e. The van der Waals surface area contributed by atoms with Crippen LogP contribution in [0.15, 0.2) is 45.6 Å². The first-order chi connectivity index (χ1) is 29.0. The number of aromatic nitrogens is 1. The number of fused-ring (bicyclic) bond motifs is 2. The van der Waals surface area contributed by atoms with Crippen LogP contribution in [0.3, 0.4) is 0 Å². The van der Waals surface area contributed by atoms with E-state index in [4.69, 9.17) is 13.9 Å². The summed E-state index contributed by atoms with van der Waals surface area (Å²) in [7, 11) is 1.65. The number of oxazole rings is 1. The molecule has 0 saturated carbocycles. The Hall–Kier alpha value is -5.34. The van der Waals surface area contributed by atoms with Crippen LogP contribution >= 0.6 is 0 Å². The minimum absolute atomic E-state index is 0.00819. The highest BCUT2D eigenvalue weighted by Crippen LogP contribution is 2.34. The SMILES string of the molecule is CCCCOC(=O)CCC(=O)N1CCC(C2CCN(C(=O)[C@@H](Cc3cc(C)c4c(c3)oc(=O)n4C)OC(=O)N3CCC(N4CCc5ccccc5NC4=O)CC3)CC2)CC1. The van der Waals surface area contributed by atoms with Gasteiger partial charge in [0.2, 0.25) is 5.91 Å². The summed E-state index contributed by atoms with van der Waals surface area (Å²) in [5.41, 5.74) is 4.55. The second kappa shape index (κ2) is 19.4. The number of benzene rings is 2. The van der Waals surface area contributed by atoms with Crippen LogP contribution in [-0.2, 0) is 43.7 Å². The maximum atomic E-state index is 14.4. The van der Waals surface area contributed by atoms with E-state index >= 15 is 0 Å². The number of para-hydroxylation sites is 1. The molecular formula is C45H60N6O9. The van der Waals surface area contributed by atoms with E-state index in [-0.39, 0.29) is 49.1 Å². The number of hydrogen-bond acceptors (Lipinski definition) is 9. The van der Waals surface area contributed by atoms with Crippen molar-refractivity contribution in [1.29, 1.82) is 0 Å². The first kappa shape index (κ1) is 42.8. The van der Waals surface area contributed by atoms with Crippen LogP contribution in [0.5, 0.6) is 0 Å². The number of anilines is 1. The number of amides is 5. The van der Waals surface area contributed by atoms with Gasteiger partial charge in [0.1, 0.15) is 0 Å². The number of carbonyl (C=O) groups excluding carboxylic acids is 5. The van der Waals surface area contributed by atoms with Crippen molar-refractivity contribution in [2.75, 3.05) is 57.7 Å². The van der Waals surface area contributed by atoms with Gasteiger partial charge in [-0.1, -0.05) is 37.6 Å². The van der Waals surface area contributed by atoms with Gasteiger partial charge < -0.3 is 38.8 Å². The van der Waals surface area contributed by atoms with Crippen LogP contribution in [0.4, 0.5) is 15.3 Å². The summed E-state index contributed by atoms with van der Waals surface area (Å²) in [6, 6.07) is 11.3. The lowest BCUT2D eigenvalue weighted by molar-refractivity contribution is -0.146. The molecule has 1 aromatic heterocycles. The summed E-state index contributed by atoms with van der Waals surface area (Å²) in [6.07, 6.45) is 5.84. The lowest BCUT2D eigenvalue weighted by Crippen LogP contribution is -2.52. The molecule has 1 N–H and O–H groups in total. The van der Waals surface area contributed by atoms with Crippen molar-refractivity contribution in [3.8, 4) is 0 Å². The summed E-state index contributed by atoms with van der Waals surface area (Å²) >= 11 is 0. The Balaban J connectivity index is 0.947. The molecule has 3 aromatic rings. The average molecular weight is 829 g/mol. The summed E-state index contributed by atoms with van der Waals surface area (Å²) in [5.74, 6) is -0.210. The number of ether oxygens (including phenoxy) is 2. The Labute approximate surface area is 351 Å². The zero-order valence-corrected chi connectivity index (χ0v) is 35.3. The number of nitrogens with zero attached hydrogens (tertiary/aromatic N) is 5. The molecule has 7 rings (SSSR count). The number of nitrogens with one attached hydrogen (secondary N) is 1. The second-order valence-electron chi connectivity index (χ2n) is 17.0. The molecular weight excluding hydrogens is 769 g/mol. The number of esters is 1. The summed E-state index contributed by atoms with van der Waals surface area (Å²) in [5, 5.41) is 3.04. The van der Waals surface area contributed by atoms with E-state index in [2.05, 4.69) is 5.32 Å². The number of piperidine rings is 3. The van der Waals surface area contributed by atoms with Gasteiger partial charge in [0.25, 0.3) is 5.91 Å². The van der Waals surface area contributed by atoms with Crippen molar-refractivity contribution in [2.45, 2.75) is 103 Å². The summed E-state index contributed by atoms with van der Waals surface area (Å²) in [6.45, 7) is 8.08. The number of unbranched alkanes of at least 4 members (excludes halogenated alkanes) is 1. The van der Waals surface area contributed by atoms with Gasteiger partial charge in [-0.05, 0) is 98.9 Å². The number of hydrogen-bond donors (Lipinski definition) is 1. The Bertz CT molecular complexity index is 2090. The molecule has 0 unspecified atom stereocenters. The fraction of sp³-hybridized carbons (Fsp3) is 0.600. The summed E-state index contributed by atoms with van der Waals surface area (Å²) < 4.78 is 18.3. The molecule has 15 nitrogen and oxygen atoms in total. The van der Waals surface area contributed by atoms with E-state index in [1.54, 1.807) is 18.0 Å². The van der Waals surface area contributed by atoms with Crippen LogP contribution in [0.25, 0.3) is 11.1 Å². The fourth-order valence-electron chi connectivity index (χ4n) is 9.57. The number of likely N-dealkylation sites (tertiary alicyclic amines) is 3. The van der Waals surface area contributed by atoms with Crippen molar-refractivity contribution in [1.82, 2.24) is 24.2 Å². The third-order valence-electron chi connectivity index (χ3n) is 13.1. The molecule has 0 bridgehead atoms. The molecule has 3 saturated heterocycles. The van der Waals surface area contributed by atoms with E-state index in [9.17, 15) is 28.8 Å². The zero-order valence-electron chi connectivity index (χ0n) is 35.3. The molecule has 324 valence electrons. The maximum Gasteiger partial charge on any atom is 0.419 e. The van der Waals surface area contributed by atoms with Crippen molar-refractivity contribution >= 4 is 46.7 Å². The zero-order chi connectivity index (χ0) is 42.3. The first-order valence-electron chi connectivity index (χ1n) is 21.9. The molecule has 1 atom stereocenters. The van der Waals surface area contributed by atoms with Gasteiger partial charge in [-0.15, -0.1) is 0 Å². The highest BCUT2D eigenvalue weighted by atomic mass is 16.6. The van der Waals surface area contributed by atoms with E-state index in [0.717, 1.165) is 67.3 Å². The van der Waals surface area contributed by atoms with Crippen LogP contribution in [0, 0.1) is 18.8 Å². The molecule has 0 radical (unpaired) electrons. The van der Waals surface area contributed by atoms with Crippen LogP contribution in [0.1, 0.15) is 87.8 Å². The molecule has 2 aromatic carbocycles. The fourth-order valence-corrected chi connectivity index (χ4v) is 9.57. The van der Waals surface area contributed by atoms with Gasteiger partial charge >= 0.3 is 23.8 Å². The highest BCUT2D eigenvalue weighted by molar-refractivity contribution is 5.91. The molecule has 3 fully saturated rings. The third kappa shape index (κ3) is 9.98. The Morgan fingerprint density at radius 1 is 0.850 bits per heavy atom. The molecule has 15 heteroatoms.